The zero-order valence-electron chi connectivity index (χ0n) is 9.85. The van der Waals surface area contributed by atoms with E-state index in [1.54, 1.807) is 5.38 Å². The fourth-order valence-corrected chi connectivity index (χ4v) is 1.87. The van der Waals surface area contributed by atoms with Gasteiger partial charge in [0.2, 0.25) is 5.13 Å². The van der Waals surface area contributed by atoms with Gasteiger partial charge in [0.1, 0.15) is 11.6 Å². The highest BCUT2D eigenvalue weighted by Crippen LogP contribution is 2.32. The molecule has 0 fully saturated rings. The first-order valence-corrected chi connectivity index (χ1v) is 6.06. The third-order valence-electron chi connectivity index (χ3n) is 2.21. The topological polar surface area (TPSA) is 147 Å². The number of rotatable bonds is 4. The number of nitrogens with zero attached hydrogens (tertiary/aromatic N) is 3. The highest BCUT2D eigenvalue weighted by molar-refractivity contribution is 7.14. The van der Waals surface area contributed by atoms with Gasteiger partial charge in [-0.25, -0.2) is 4.98 Å². The van der Waals surface area contributed by atoms with Crippen LogP contribution in [0.2, 0.25) is 0 Å². The van der Waals surface area contributed by atoms with Crippen LogP contribution in [0.4, 0.5) is 16.6 Å². The van der Waals surface area contributed by atoms with Gasteiger partial charge in [-0.2, -0.15) is 5.10 Å². The Morgan fingerprint density at radius 3 is 2.80 bits per heavy atom. The summed E-state index contributed by atoms with van der Waals surface area (Å²) in [6.07, 6.45) is 1.17. The van der Waals surface area contributed by atoms with Crippen LogP contribution in [-0.4, -0.2) is 26.3 Å². The summed E-state index contributed by atoms with van der Waals surface area (Å²) < 4.78 is 0. The lowest BCUT2D eigenvalue weighted by molar-refractivity contribution is -0.385. The summed E-state index contributed by atoms with van der Waals surface area (Å²) in [7, 11) is 0. The van der Waals surface area contributed by atoms with E-state index in [1.165, 1.54) is 17.6 Å². The van der Waals surface area contributed by atoms with Gasteiger partial charge in [0, 0.05) is 23.1 Å². The predicted octanol–water partition coefficient (Wildman–Crippen LogP) is 1.49. The van der Waals surface area contributed by atoms with Crippen molar-refractivity contribution in [1.29, 1.82) is 0 Å². The molecule has 0 unspecified atom stereocenters. The van der Waals surface area contributed by atoms with Crippen LogP contribution in [-0.2, 0) is 0 Å². The van der Waals surface area contributed by atoms with Crippen LogP contribution in [0, 0.1) is 10.1 Å². The number of nitrogens with one attached hydrogen (secondary N) is 1. The largest absolute Gasteiger partial charge is 0.507 e. The predicted molar refractivity (Wildman–Crippen MR) is 74.2 cm³/mol. The lowest BCUT2D eigenvalue weighted by atomic mass is 10.2. The molecule has 1 aromatic heterocycles. The molecule has 0 radical (unpaired) electrons. The Labute approximate surface area is 116 Å². The molecule has 2 rings (SSSR count). The molecule has 0 amide bonds. The second-order valence-electron chi connectivity index (χ2n) is 3.60. The summed E-state index contributed by atoms with van der Waals surface area (Å²) in [4.78, 5) is 13.8. The molecule has 0 bridgehead atoms. The zero-order valence-corrected chi connectivity index (χ0v) is 10.7. The number of aromatic hydroxyl groups is 2. The molecule has 0 aliphatic heterocycles. The van der Waals surface area contributed by atoms with Crippen LogP contribution < -0.4 is 11.2 Å². The van der Waals surface area contributed by atoms with E-state index in [-0.39, 0.29) is 11.3 Å². The van der Waals surface area contributed by atoms with Gasteiger partial charge >= 0.3 is 5.69 Å². The second kappa shape index (κ2) is 5.40. The lowest BCUT2D eigenvalue weighted by Crippen LogP contribution is -1.94. The van der Waals surface area contributed by atoms with Crippen molar-refractivity contribution < 1.29 is 15.1 Å². The van der Waals surface area contributed by atoms with Gasteiger partial charge in [-0.05, 0) is 0 Å². The van der Waals surface area contributed by atoms with Crippen LogP contribution in [0.25, 0.3) is 0 Å². The quantitative estimate of drug-likeness (QED) is 0.379. The van der Waals surface area contributed by atoms with E-state index >= 15 is 0 Å². The number of nitro groups is 1. The molecular weight excluding hydrogens is 286 g/mol. The average molecular weight is 295 g/mol. The van der Waals surface area contributed by atoms with Gasteiger partial charge in [0.05, 0.1) is 11.1 Å². The van der Waals surface area contributed by atoms with Crippen LogP contribution in [0.5, 0.6) is 11.5 Å². The minimum absolute atomic E-state index is 0.0755. The first kappa shape index (κ1) is 13.5. The molecule has 2 aromatic rings. The fraction of sp³-hybridized carbons (Fsp3) is 0. The van der Waals surface area contributed by atoms with E-state index in [0.29, 0.717) is 10.9 Å². The standard InChI is InChI=1S/C10H9N5O4S/c11-9-4-20-10(13-9)14-12-3-5-1-6(15(18)19)8(17)2-7(5)16/h1-4,16-17H,11H2,(H,13,14). The summed E-state index contributed by atoms with van der Waals surface area (Å²) in [6, 6.07) is 1.88. The number of aromatic nitrogens is 1. The Bertz CT molecular complexity index is 684. The lowest BCUT2D eigenvalue weighted by Gasteiger charge is -2.01. The smallest absolute Gasteiger partial charge is 0.311 e. The number of benzene rings is 1. The van der Waals surface area contributed by atoms with Crippen molar-refractivity contribution in [1.82, 2.24) is 4.98 Å². The van der Waals surface area contributed by atoms with E-state index in [9.17, 15) is 20.3 Å². The molecular formula is C10H9N5O4S. The maximum Gasteiger partial charge on any atom is 0.311 e. The molecule has 0 spiro atoms. The van der Waals surface area contributed by atoms with Gasteiger partial charge in [-0.3, -0.25) is 15.5 Å². The number of thiazole rings is 1. The summed E-state index contributed by atoms with van der Waals surface area (Å²) in [5, 5.41) is 35.4. The summed E-state index contributed by atoms with van der Waals surface area (Å²) in [5.74, 6) is -0.613. The summed E-state index contributed by atoms with van der Waals surface area (Å²) in [6.45, 7) is 0. The number of phenolic OH excluding ortho intramolecular Hbond substituents is 2. The Morgan fingerprint density at radius 2 is 2.20 bits per heavy atom. The molecule has 0 aliphatic rings. The molecule has 20 heavy (non-hydrogen) atoms. The fourth-order valence-electron chi connectivity index (χ4n) is 1.33. The maximum atomic E-state index is 10.7. The number of hydrazone groups is 1. The maximum absolute atomic E-state index is 10.7. The van der Waals surface area contributed by atoms with Crippen molar-refractivity contribution in [2.75, 3.05) is 11.2 Å². The number of anilines is 2. The normalized spacial score (nSPS) is 10.8. The van der Waals surface area contributed by atoms with E-state index in [1.807, 2.05) is 0 Å². The SMILES string of the molecule is Nc1csc(NN=Cc2cc([N+](=O)[O-])c(O)cc2O)n1. The molecule has 10 heteroatoms. The molecule has 1 aromatic carbocycles. The van der Waals surface area contributed by atoms with Crippen molar-refractivity contribution in [3.63, 3.8) is 0 Å². The van der Waals surface area contributed by atoms with Crippen molar-refractivity contribution in [2.24, 2.45) is 5.10 Å². The molecule has 0 saturated heterocycles. The van der Waals surface area contributed by atoms with Crippen molar-refractivity contribution in [3.05, 3.63) is 33.2 Å². The van der Waals surface area contributed by atoms with Gasteiger partial charge in [-0.15, -0.1) is 11.3 Å². The Hall–Kier alpha value is -2.88. The number of hydrogen-bond acceptors (Lipinski definition) is 9. The molecule has 9 nitrogen and oxygen atoms in total. The number of phenols is 2. The van der Waals surface area contributed by atoms with Crippen LogP contribution >= 0.6 is 11.3 Å². The van der Waals surface area contributed by atoms with Crippen LogP contribution in [0.1, 0.15) is 5.56 Å². The molecule has 0 atom stereocenters. The summed E-state index contributed by atoms with van der Waals surface area (Å²) in [5.41, 5.74) is 7.53. The van der Waals surface area contributed by atoms with E-state index in [2.05, 4.69) is 15.5 Å². The highest BCUT2D eigenvalue weighted by Gasteiger charge is 2.16. The molecule has 5 N–H and O–H groups in total. The van der Waals surface area contributed by atoms with Crippen molar-refractivity contribution >= 4 is 34.2 Å². The van der Waals surface area contributed by atoms with Gasteiger partial charge in [0.25, 0.3) is 0 Å². The van der Waals surface area contributed by atoms with Gasteiger partial charge in [-0.1, -0.05) is 0 Å². The minimum atomic E-state index is -0.763. The molecule has 1 heterocycles. The van der Waals surface area contributed by atoms with E-state index in [4.69, 9.17) is 5.73 Å². The number of nitro benzene ring substituents is 1. The Kier molecular flexibility index (Phi) is 3.66. The second-order valence-corrected chi connectivity index (χ2v) is 4.46. The van der Waals surface area contributed by atoms with Gasteiger partial charge in [0.15, 0.2) is 5.75 Å². The zero-order chi connectivity index (χ0) is 14.7. The number of hydrogen-bond donors (Lipinski definition) is 4. The van der Waals surface area contributed by atoms with E-state index < -0.39 is 16.4 Å². The van der Waals surface area contributed by atoms with Crippen LogP contribution in [0.15, 0.2) is 22.6 Å². The Morgan fingerprint density at radius 1 is 1.45 bits per heavy atom. The first-order valence-electron chi connectivity index (χ1n) is 5.18. The number of nitrogens with two attached hydrogens (primary N) is 1. The van der Waals surface area contributed by atoms with Crippen molar-refractivity contribution in [2.45, 2.75) is 0 Å². The minimum Gasteiger partial charge on any atom is -0.507 e. The Balaban J connectivity index is 2.20. The van der Waals surface area contributed by atoms with E-state index in [0.717, 1.165) is 12.1 Å². The van der Waals surface area contributed by atoms with Gasteiger partial charge < -0.3 is 15.9 Å². The third kappa shape index (κ3) is 2.92. The van der Waals surface area contributed by atoms with Crippen LogP contribution in [0.3, 0.4) is 0 Å². The van der Waals surface area contributed by atoms with Crippen molar-refractivity contribution in [3.8, 4) is 11.5 Å². The average Bonchev–Trinajstić information content (AvgIpc) is 2.77. The number of nitrogen functional groups attached to an aromatic ring is 1. The third-order valence-corrected chi connectivity index (χ3v) is 2.97. The molecule has 0 saturated carbocycles. The first-order chi connectivity index (χ1) is 9.47. The molecule has 104 valence electrons. The molecule has 0 aliphatic carbocycles. The summed E-state index contributed by atoms with van der Waals surface area (Å²) >= 11 is 1.23. The monoisotopic (exact) mass is 295 g/mol. The highest BCUT2D eigenvalue weighted by atomic mass is 32.1.